The minimum atomic E-state index is -1.20. The van der Waals surface area contributed by atoms with Gasteiger partial charge in [0.05, 0.1) is 12.2 Å². The number of carbonyl (C=O) groups is 2. The van der Waals surface area contributed by atoms with Crippen molar-refractivity contribution in [1.29, 1.82) is 0 Å². The largest absolute Gasteiger partial charge is 0.452 e. The molecule has 1 fully saturated rings. The standard InChI is InChI=1S/C15H17F2NO4/c1-9-6-18(7-10(2)22-9)13(19)8-21-15(20)14-11(16)4-3-5-12(14)17/h3-5,9-10H,6-8H2,1-2H3/t9-,10-/m1/s1. The average Bonchev–Trinajstić information content (AvgIpc) is 2.43. The summed E-state index contributed by atoms with van der Waals surface area (Å²) in [5.41, 5.74) is -0.793. The molecule has 0 spiro atoms. The van der Waals surface area contributed by atoms with Crippen LogP contribution in [0.15, 0.2) is 18.2 Å². The molecule has 2 rings (SSSR count). The van der Waals surface area contributed by atoms with E-state index >= 15 is 0 Å². The van der Waals surface area contributed by atoms with Crippen molar-refractivity contribution in [1.82, 2.24) is 4.90 Å². The Hall–Kier alpha value is -2.02. The van der Waals surface area contributed by atoms with Crippen molar-refractivity contribution in [2.75, 3.05) is 19.7 Å². The molecule has 0 saturated carbocycles. The fourth-order valence-corrected chi connectivity index (χ4v) is 2.37. The molecule has 1 aromatic carbocycles. The number of nitrogens with zero attached hydrogens (tertiary/aromatic N) is 1. The van der Waals surface area contributed by atoms with Crippen LogP contribution in [0.2, 0.25) is 0 Å². The van der Waals surface area contributed by atoms with Crippen LogP contribution >= 0.6 is 0 Å². The molecule has 0 N–H and O–H groups in total. The lowest BCUT2D eigenvalue weighted by molar-refractivity contribution is -0.146. The van der Waals surface area contributed by atoms with E-state index in [9.17, 15) is 18.4 Å². The highest BCUT2D eigenvalue weighted by molar-refractivity contribution is 5.91. The monoisotopic (exact) mass is 313 g/mol. The van der Waals surface area contributed by atoms with Crippen molar-refractivity contribution in [3.63, 3.8) is 0 Å². The second kappa shape index (κ2) is 6.83. The number of rotatable bonds is 3. The molecule has 1 heterocycles. The number of benzene rings is 1. The Morgan fingerprint density at radius 1 is 1.23 bits per heavy atom. The highest BCUT2D eigenvalue weighted by Gasteiger charge is 2.27. The molecule has 120 valence electrons. The van der Waals surface area contributed by atoms with Crippen LogP contribution in [0.25, 0.3) is 0 Å². The summed E-state index contributed by atoms with van der Waals surface area (Å²) in [4.78, 5) is 25.2. The number of halogens is 2. The summed E-state index contributed by atoms with van der Waals surface area (Å²) >= 11 is 0. The van der Waals surface area contributed by atoms with Crippen LogP contribution in [0.3, 0.4) is 0 Å². The molecule has 5 nitrogen and oxygen atoms in total. The SMILES string of the molecule is C[C@@H]1CN(C(=O)COC(=O)c2c(F)cccc2F)C[C@@H](C)O1. The molecule has 0 unspecified atom stereocenters. The van der Waals surface area contributed by atoms with Crippen LogP contribution < -0.4 is 0 Å². The molecule has 0 aliphatic carbocycles. The number of amides is 1. The van der Waals surface area contributed by atoms with Crippen molar-refractivity contribution < 1.29 is 27.8 Å². The Labute approximate surface area is 126 Å². The maximum Gasteiger partial charge on any atom is 0.344 e. The van der Waals surface area contributed by atoms with Crippen LogP contribution in [0.1, 0.15) is 24.2 Å². The number of carbonyl (C=O) groups excluding carboxylic acids is 2. The predicted octanol–water partition coefficient (Wildman–Crippen LogP) is 1.76. The zero-order chi connectivity index (χ0) is 16.3. The van der Waals surface area contributed by atoms with Gasteiger partial charge in [0, 0.05) is 13.1 Å². The molecule has 2 atom stereocenters. The van der Waals surface area contributed by atoms with Gasteiger partial charge in [0.2, 0.25) is 0 Å². The van der Waals surface area contributed by atoms with Crippen LogP contribution in [0, 0.1) is 11.6 Å². The van der Waals surface area contributed by atoms with Gasteiger partial charge in [0.25, 0.3) is 5.91 Å². The third-order valence-corrected chi connectivity index (χ3v) is 3.27. The third kappa shape index (κ3) is 3.79. The zero-order valence-electron chi connectivity index (χ0n) is 12.3. The first kappa shape index (κ1) is 16.4. The summed E-state index contributed by atoms with van der Waals surface area (Å²) in [5, 5.41) is 0. The van der Waals surface area contributed by atoms with Crippen molar-refractivity contribution >= 4 is 11.9 Å². The molecular weight excluding hydrogens is 296 g/mol. The number of esters is 1. The van der Waals surface area contributed by atoms with Gasteiger partial charge < -0.3 is 14.4 Å². The van der Waals surface area contributed by atoms with Crippen LogP contribution in [-0.4, -0.2) is 48.7 Å². The van der Waals surface area contributed by atoms with E-state index in [0.29, 0.717) is 13.1 Å². The first-order valence-electron chi connectivity index (χ1n) is 6.93. The van der Waals surface area contributed by atoms with E-state index in [1.54, 1.807) is 0 Å². The van der Waals surface area contributed by atoms with Gasteiger partial charge in [-0.3, -0.25) is 4.79 Å². The molecule has 22 heavy (non-hydrogen) atoms. The van der Waals surface area contributed by atoms with Gasteiger partial charge in [-0.05, 0) is 26.0 Å². The quantitative estimate of drug-likeness (QED) is 0.798. The van der Waals surface area contributed by atoms with Gasteiger partial charge >= 0.3 is 5.97 Å². The van der Waals surface area contributed by atoms with Crippen LogP contribution in [-0.2, 0) is 14.3 Å². The minimum absolute atomic E-state index is 0.118. The van der Waals surface area contributed by atoms with E-state index in [-0.39, 0.29) is 12.2 Å². The van der Waals surface area contributed by atoms with Crippen molar-refractivity contribution in [3.8, 4) is 0 Å². The smallest absolute Gasteiger partial charge is 0.344 e. The zero-order valence-corrected chi connectivity index (χ0v) is 12.3. The molecule has 1 aliphatic rings. The molecule has 1 saturated heterocycles. The lowest BCUT2D eigenvalue weighted by Crippen LogP contribution is -2.49. The third-order valence-electron chi connectivity index (χ3n) is 3.27. The summed E-state index contributed by atoms with van der Waals surface area (Å²) in [7, 11) is 0. The van der Waals surface area contributed by atoms with Crippen molar-refractivity contribution in [3.05, 3.63) is 35.4 Å². The topological polar surface area (TPSA) is 55.8 Å². The number of hydrogen-bond acceptors (Lipinski definition) is 4. The van der Waals surface area contributed by atoms with E-state index < -0.39 is 35.7 Å². The summed E-state index contributed by atoms with van der Waals surface area (Å²) in [6, 6.07) is 3.04. The normalized spacial score (nSPS) is 21.5. The van der Waals surface area contributed by atoms with E-state index in [1.807, 2.05) is 13.8 Å². The summed E-state index contributed by atoms with van der Waals surface area (Å²) in [6.45, 7) is 3.86. The minimum Gasteiger partial charge on any atom is -0.452 e. The van der Waals surface area contributed by atoms with Gasteiger partial charge in [-0.15, -0.1) is 0 Å². The number of ether oxygens (including phenoxy) is 2. The average molecular weight is 313 g/mol. The van der Waals surface area contributed by atoms with E-state index in [0.717, 1.165) is 18.2 Å². The highest BCUT2D eigenvalue weighted by Crippen LogP contribution is 2.14. The molecule has 0 radical (unpaired) electrons. The summed E-state index contributed by atoms with van der Waals surface area (Å²) in [5.74, 6) is -3.66. The van der Waals surface area contributed by atoms with Crippen LogP contribution in [0.4, 0.5) is 8.78 Å². The Morgan fingerprint density at radius 2 is 1.77 bits per heavy atom. The Bertz CT molecular complexity index is 548. The number of morpholine rings is 1. The Balaban J connectivity index is 1.95. The molecule has 0 aromatic heterocycles. The van der Waals surface area contributed by atoms with E-state index in [1.165, 1.54) is 4.90 Å². The lowest BCUT2D eigenvalue weighted by atomic mass is 10.2. The maximum absolute atomic E-state index is 13.4. The maximum atomic E-state index is 13.4. The second-order valence-electron chi connectivity index (χ2n) is 5.23. The van der Waals surface area contributed by atoms with Crippen molar-refractivity contribution in [2.24, 2.45) is 0 Å². The first-order chi connectivity index (χ1) is 10.4. The van der Waals surface area contributed by atoms with Gasteiger partial charge in [-0.25, -0.2) is 13.6 Å². The predicted molar refractivity (Wildman–Crippen MR) is 73.2 cm³/mol. The van der Waals surface area contributed by atoms with Crippen LogP contribution in [0.5, 0.6) is 0 Å². The molecule has 7 heteroatoms. The molecule has 0 bridgehead atoms. The Kier molecular flexibility index (Phi) is 5.07. The lowest BCUT2D eigenvalue weighted by Gasteiger charge is -2.35. The fraction of sp³-hybridized carbons (Fsp3) is 0.467. The first-order valence-corrected chi connectivity index (χ1v) is 6.93. The van der Waals surface area contributed by atoms with E-state index in [2.05, 4.69) is 0 Å². The second-order valence-corrected chi connectivity index (χ2v) is 5.23. The van der Waals surface area contributed by atoms with Crippen molar-refractivity contribution in [2.45, 2.75) is 26.1 Å². The fourth-order valence-electron chi connectivity index (χ4n) is 2.37. The number of hydrogen-bond donors (Lipinski definition) is 0. The van der Waals surface area contributed by atoms with Gasteiger partial charge in [-0.2, -0.15) is 0 Å². The van der Waals surface area contributed by atoms with Gasteiger partial charge in [-0.1, -0.05) is 6.07 Å². The van der Waals surface area contributed by atoms with Gasteiger partial charge in [0.15, 0.2) is 6.61 Å². The highest BCUT2D eigenvalue weighted by atomic mass is 19.1. The molecule has 1 aliphatic heterocycles. The van der Waals surface area contributed by atoms with E-state index in [4.69, 9.17) is 9.47 Å². The molecular formula is C15H17F2NO4. The van der Waals surface area contributed by atoms with Gasteiger partial charge in [0.1, 0.15) is 17.2 Å². The Morgan fingerprint density at radius 3 is 2.32 bits per heavy atom. The molecule has 1 amide bonds. The summed E-state index contributed by atoms with van der Waals surface area (Å²) < 4.78 is 37.1. The molecule has 1 aromatic rings. The summed E-state index contributed by atoms with van der Waals surface area (Å²) in [6.07, 6.45) is -0.236.